The number of nitrogens with zero attached hydrogens (tertiary/aromatic N) is 4. The fourth-order valence-corrected chi connectivity index (χ4v) is 3.79. The first-order valence-electron chi connectivity index (χ1n) is 8.88. The molecule has 2 aromatic rings. The van der Waals surface area contributed by atoms with Crippen LogP contribution in [0.1, 0.15) is 12.8 Å². The molecule has 2 heterocycles. The largest absolute Gasteiger partial charge is 0.367 e. The smallest absolute Gasteiger partial charge is 0.236 e. The maximum absolute atomic E-state index is 11.9. The SMILES string of the molecule is CN(C)C(=O)CN1CCC(Nc2ncnc3ccc(S(C)(=O)=O)cc23)CC1. The summed E-state index contributed by atoms with van der Waals surface area (Å²) in [5.74, 6) is 0.754. The number of fused-ring (bicyclic) bond motifs is 1. The number of benzene rings is 1. The fourth-order valence-electron chi connectivity index (χ4n) is 3.14. The molecule has 8 nitrogen and oxygen atoms in total. The van der Waals surface area contributed by atoms with Crippen molar-refractivity contribution in [2.75, 3.05) is 45.3 Å². The van der Waals surface area contributed by atoms with E-state index in [9.17, 15) is 13.2 Å². The molecule has 9 heteroatoms. The molecular weight excluding hydrogens is 366 g/mol. The molecule has 0 radical (unpaired) electrons. The third kappa shape index (κ3) is 4.72. The molecule has 0 atom stereocenters. The summed E-state index contributed by atoms with van der Waals surface area (Å²) in [5, 5.41) is 4.13. The number of carbonyl (C=O) groups is 1. The highest BCUT2D eigenvalue weighted by atomic mass is 32.2. The van der Waals surface area contributed by atoms with Crippen molar-refractivity contribution in [3.05, 3.63) is 24.5 Å². The summed E-state index contributed by atoms with van der Waals surface area (Å²) in [6, 6.07) is 5.11. The van der Waals surface area contributed by atoms with Crippen LogP contribution in [0.15, 0.2) is 29.4 Å². The number of carbonyl (C=O) groups excluding carboxylic acids is 1. The Hall–Kier alpha value is -2.26. The molecule has 1 amide bonds. The van der Waals surface area contributed by atoms with Gasteiger partial charge in [0.2, 0.25) is 5.91 Å². The molecule has 1 fully saturated rings. The number of amides is 1. The standard InChI is InChI=1S/C18H25N5O3S/c1-22(2)17(24)11-23-8-6-13(7-9-23)21-18-15-10-14(27(3,25)26)4-5-16(15)19-12-20-18/h4-5,10,12-13H,6-9,11H2,1-3H3,(H,19,20,21). The van der Waals surface area contributed by atoms with Crippen LogP contribution in [0, 0.1) is 0 Å². The van der Waals surface area contributed by atoms with Crippen LogP contribution in [0.4, 0.5) is 5.82 Å². The van der Waals surface area contributed by atoms with Gasteiger partial charge in [0, 0.05) is 44.9 Å². The van der Waals surface area contributed by atoms with Crippen LogP contribution in [0.3, 0.4) is 0 Å². The lowest BCUT2D eigenvalue weighted by Crippen LogP contribution is -2.44. The van der Waals surface area contributed by atoms with Crippen molar-refractivity contribution in [3.63, 3.8) is 0 Å². The summed E-state index contributed by atoms with van der Waals surface area (Å²) in [7, 11) is 0.235. The highest BCUT2D eigenvalue weighted by Gasteiger charge is 2.22. The number of sulfone groups is 1. The lowest BCUT2D eigenvalue weighted by molar-refractivity contribution is -0.130. The number of piperidine rings is 1. The molecule has 1 aromatic heterocycles. The topological polar surface area (TPSA) is 95.5 Å². The van der Waals surface area contributed by atoms with Crippen LogP contribution in [0.5, 0.6) is 0 Å². The highest BCUT2D eigenvalue weighted by molar-refractivity contribution is 7.90. The first-order valence-corrected chi connectivity index (χ1v) is 10.8. The maximum Gasteiger partial charge on any atom is 0.236 e. The number of nitrogens with one attached hydrogen (secondary N) is 1. The first-order chi connectivity index (χ1) is 12.7. The molecule has 1 aromatic carbocycles. The van der Waals surface area contributed by atoms with Crippen LogP contribution < -0.4 is 5.32 Å². The second-order valence-corrected chi connectivity index (χ2v) is 9.17. The van der Waals surface area contributed by atoms with E-state index < -0.39 is 9.84 Å². The summed E-state index contributed by atoms with van der Waals surface area (Å²) >= 11 is 0. The van der Waals surface area contributed by atoms with Gasteiger partial charge in [-0.05, 0) is 31.0 Å². The van der Waals surface area contributed by atoms with E-state index in [4.69, 9.17) is 0 Å². The van der Waals surface area contributed by atoms with E-state index in [1.165, 1.54) is 12.6 Å². The summed E-state index contributed by atoms with van der Waals surface area (Å²) < 4.78 is 23.7. The Morgan fingerprint density at radius 1 is 1.26 bits per heavy atom. The van der Waals surface area contributed by atoms with Gasteiger partial charge in [-0.25, -0.2) is 18.4 Å². The molecular formula is C18H25N5O3S. The van der Waals surface area contributed by atoms with Crippen molar-refractivity contribution < 1.29 is 13.2 Å². The minimum absolute atomic E-state index is 0.108. The van der Waals surface area contributed by atoms with Crippen molar-refractivity contribution in [2.24, 2.45) is 0 Å². The zero-order valence-corrected chi connectivity index (χ0v) is 16.7. The third-order valence-electron chi connectivity index (χ3n) is 4.82. The Kier molecular flexibility index (Phi) is 5.61. The first kappa shape index (κ1) is 19.5. The Morgan fingerprint density at radius 3 is 2.59 bits per heavy atom. The van der Waals surface area contributed by atoms with Crippen molar-refractivity contribution >= 4 is 32.5 Å². The number of likely N-dealkylation sites (N-methyl/N-ethyl adjacent to an activating group) is 1. The zero-order chi connectivity index (χ0) is 19.6. The molecule has 1 aliphatic rings. The number of aromatic nitrogens is 2. The summed E-state index contributed by atoms with van der Waals surface area (Å²) in [5.41, 5.74) is 0.703. The minimum atomic E-state index is -3.30. The van der Waals surface area contributed by atoms with Crippen LogP contribution in [-0.2, 0) is 14.6 Å². The number of hydrogen-bond donors (Lipinski definition) is 1. The summed E-state index contributed by atoms with van der Waals surface area (Å²) in [6.45, 7) is 2.09. The van der Waals surface area contributed by atoms with Gasteiger partial charge in [0.25, 0.3) is 0 Å². The highest BCUT2D eigenvalue weighted by Crippen LogP contribution is 2.25. The average molecular weight is 391 g/mol. The molecule has 1 saturated heterocycles. The van der Waals surface area contributed by atoms with Crippen LogP contribution >= 0.6 is 0 Å². The van der Waals surface area contributed by atoms with E-state index in [1.54, 1.807) is 37.2 Å². The Labute approximate surface area is 159 Å². The minimum Gasteiger partial charge on any atom is -0.367 e. The van der Waals surface area contributed by atoms with E-state index in [0.29, 0.717) is 23.3 Å². The molecule has 0 spiro atoms. The van der Waals surface area contributed by atoms with Gasteiger partial charge in [-0.2, -0.15) is 0 Å². The quantitative estimate of drug-likeness (QED) is 0.812. The van der Waals surface area contributed by atoms with Gasteiger partial charge in [-0.3, -0.25) is 9.69 Å². The monoisotopic (exact) mass is 391 g/mol. The van der Waals surface area contributed by atoms with Crippen LogP contribution in [0.25, 0.3) is 10.9 Å². The van der Waals surface area contributed by atoms with Gasteiger partial charge >= 0.3 is 0 Å². The van der Waals surface area contributed by atoms with Gasteiger partial charge in [-0.15, -0.1) is 0 Å². The normalized spacial score (nSPS) is 16.4. The number of likely N-dealkylation sites (tertiary alicyclic amines) is 1. The Bertz CT molecular complexity index is 937. The average Bonchev–Trinajstić information content (AvgIpc) is 2.62. The molecule has 3 rings (SSSR count). The predicted octanol–water partition coefficient (Wildman–Crippen LogP) is 0.998. The number of anilines is 1. The van der Waals surface area contributed by atoms with Gasteiger partial charge < -0.3 is 10.2 Å². The van der Waals surface area contributed by atoms with Crippen molar-refractivity contribution in [1.82, 2.24) is 19.8 Å². The van der Waals surface area contributed by atoms with Crippen LogP contribution in [-0.4, -0.2) is 80.1 Å². The molecule has 0 bridgehead atoms. The number of rotatable bonds is 5. The predicted molar refractivity (Wildman–Crippen MR) is 104 cm³/mol. The van der Waals surface area contributed by atoms with E-state index in [-0.39, 0.29) is 16.8 Å². The molecule has 1 N–H and O–H groups in total. The molecule has 27 heavy (non-hydrogen) atoms. The van der Waals surface area contributed by atoms with Crippen molar-refractivity contribution in [3.8, 4) is 0 Å². The molecule has 0 unspecified atom stereocenters. The van der Waals surface area contributed by atoms with E-state index >= 15 is 0 Å². The molecule has 0 saturated carbocycles. The van der Waals surface area contributed by atoms with Gasteiger partial charge in [-0.1, -0.05) is 0 Å². The van der Waals surface area contributed by atoms with E-state index in [2.05, 4.69) is 20.2 Å². The maximum atomic E-state index is 11.9. The Balaban J connectivity index is 1.71. The van der Waals surface area contributed by atoms with Crippen molar-refractivity contribution in [2.45, 2.75) is 23.8 Å². The molecule has 0 aliphatic carbocycles. The second-order valence-electron chi connectivity index (χ2n) is 7.16. The Morgan fingerprint density at radius 2 is 1.96 bits per heavy atom. The second kappa shape index (κ2) is 7.77. The van der Waals surface area contributed by atoms with E-state index in [0.717, 1.165) is 25.9 Å². The fraction of sp³-hybridized carbons (Fsp3) is 0.500. The van der Waals surface area contributed by atoms with Gasteiger partial charge in [0.05, 0.1) is 17.0 Å². The molecule has 1 aliphatic heterocycles. The zero-order valence-electron chi connectivity index (χ0n) is 15.8. The summed E-state index contributed by atoms with van der Waals surface area (Å²) in [6.07, 6.45) is 4.45. The lowest BCUT2D eigenvalue weighted by Gasteiger charge is -2.32. The summed E-state index contributed by atoms with van der Waals surface area (Å²) in [4.78, 5) is 24.4. The third-order valence-corrected chi connectivity index (χ3v) is 5.93. The van der Waals surface area contributed by atoms with Crippen LogP contribution in [0.2, 0.25) is 0 Å². The lowest BCUT2D eigenvalue weighted by atomic mass is 10.0. The van der Waals surface area contributed by atoms with E-state index in [1.807, 2.05) is 0 Å². The number of hydrogen-bond acceptors (Lipinski definition) is 7. The van der Waals surface area contributed by atoms with Crippen molar-refractivity contribution in [1.29, 1.82) is 0 Å². The van der Waals surface area contributed by atoms with Gasteiger partial charge in [0.15, 0.2) is 9.84 Å². The molecule has 146 valence electrons. The van der Waals surface area contributed by atoms with Gasteiger partial charge in [0.1, 0.15) is 12.1 Å².